The van der Waals surface area contributed by atoms with Crippen LogP contribution in [0.4, 0.5) is 0 Å². The summed E-state index contributed by atoms with van der Waals surface area (Å²) in [7, 11) is 1.39. The molecule has 35 heavy (non-hydrogen) atoms. The number of benzene rings is 2. The van der Waals surface area contributed by atoms with E-state index in [2.05, 4.69) is 0 Å². The minimum Gasteiger partial charge on any atom is -0.504 e. The fraction of sp³-hybridized carbons (Fsp3) is 0.375. The van der Waals surface area contributed by atoms with Crippen molar-refractivity contribution in [1.82, 2.24) is 0 Å². The summed E-state index contributed by atoms with van der Waals surface area (Å²) in [6.07, 6.45) is -4.25. The van der Waals surface area contributed by atoms with Crippen molar-refractivity contribution in [2.24, 2.45) is 0 Å². The lowest BCUT2D eigenvalue weighted by molar-refractivity contribution is -0.303. The highest BCUT2D eigenvalue weighted by Gasteiger charge is 2.47. The number of phenols is 3. The molecule has 5 atom stereocenters. The average Bonchev–Trinajstić information content (AvgIpc) is 2.85. The van der Waals surface area contributed by atoms with Gasteiger partial charge < -0.3 is 49.6 Å². The predicted molar refractivity (Wildman–Crippen MR) is 121 cm³/mol. The Morgan fingerprint density at radius 1 is 1.03 bits per heavy atom. The summed E-state index contributed by atoms with van der Waals surface area (Å²) in [5.41, 5.74) is 1.17. The first-order valence-electron chi connectivity index (χ1n) is 10.7. The predicted octanol–water partition coefficient (Wildman–Crippen LogP) is 0.435. The van der Waals surface area contributed by atoms with Crippen molar-refractivity contribution in [3.05, 3.63) is 53.6 Å². The molecule has 0 aliphatic carbocycles. The van der Waals surface area contributed by atoms with Gasteiger partial charge in [-0.2, -0.15) is 0 Å². The first kappa shape index (κ1) is 26.3. The van der Waals surface area contributed by atoms with E-state index in [1.807, 2.05) is 0 Å². The van der Waals surface area contributed by atoms with Gasteiger partial charge in [0.05, 0.1) is 20.3 Å². The molecular formula is C24H28O11. The molecule has 1 heterocycles. The number of hydrogen-bond donors (Lipinski definition) is 6. The van der Waals surface area contributed by atoms with Crippen LogP contribution in [0.5, 0.6) is 23.0 Å². The van der Waals surface area contributed by atoms with E-state index >= 15 is 0 Å². The molecule has 0 bridgehead atoms. The second-order valence-electron chi connectivity index (χ2n) is 7.82. The molecule has 0 spiro atoms. The average molecular weight is 492 g/mol. The molecule has 0 radical (unpaired) electrons. The van der Waals surface area contributed by atoms with Crippen LogP contribution in [0.15, 0.2) is 42.5 Å². The molecule has 1 aliphatic rings. The molecular weight excluding hydrogens is 464 g/mol. The summed E-state index contributed by atoms with van der Waals surface area (Å²) >= 11 is 0. The van der Waals surface area contributed by atoms with E-state index in [1.165, 1.54) is 37.5 Å². The lowest BCUT2D eigenvalue weighted by Gasteiger charge is -2.41. The Hall–Kier alpha value is -3.35. The number of methoxy groups -OCH3 is 1. The van der Waals surface area contributed by atoms with Gasteiger partial charge in [0.1, 0.15) is 18.3 Å². The van der Waals surface area contributed by atoms with Crippen molar-refractivity contribution in [2.45, 2.75) is 37.1 Å². The maximum atomic E-state index is 12.4. The SMILES string of the molecule is COc1cc(/C=C/C(=O)O[C@H]2[C@@H](OCCc3ccc(O)c(O)c3)O[C@H](CO)[C@@H](O)[C@@H]2O)ccc1O. The van der Waals surface area contributed by atoms with Crippen LogP contribution in [0.2, 0.25) is 0 Å². The zero-order valence-electron chi connectivity index (χ0n) is 18.9. The van der Waals surface area contributed by atoms with E-state index in [9.17, 15) is 35.4 Å². The maximum absolute atomic E-state index is 12.4. The second-order valence-corrected chi connectivity index (χ2v) is 7.82. The Labute approximate surface area is 201 Å². The van der Waals surface area contributed by atoms with Crippen LogP contribution in [0.1, 0.15) is 11.1 Å². The van der Waals surface area contributed by atoms with Gasteiger partial charge in [0.25, 0.3) is 0 Å². The van der Waals surface area contributed by atoms with Crippen LogP contribution in [0.3, 0.4) is 0 Å². The summed E-state index contributed by atoms with van der Waals surface area (Å²) in [4.78, 5) is 12.4. The standard InChI is InChI=1S/C24H28O11/c1-32-18-11-13(3-6-16(18)27)4-7-20(29)35-23-22(31)21(30)19(12-25)34-24(23)33-9-8-14-2-5-15(26)17(28)10-14/h2-7,10-11,19,21-28,30-31H,8-9,12H2,1H3/b7-4+/t19-,21-,22+,23-,24+/m1/s1. The molecule has 0 saturated carbocycles. The van der Waals surface area contributed by atoms with Gasteiger partial charge in [0.2, 0.25) is 0 Å². The number of hydrogen-bond acceptors (Lipinski definition) is 11. The molecule has 2 aromatic carbocycles. The summed E-state index contributed by atoms with van der Waals surface area (Å²) in [6, 6.07) is 8.70. The third-order valence-corrected chi connectivity index (χ3v) is 5.41. The lowest BCUT2D eigenvalue weighted by Crippen LogP contribution is -2.60. The van der Waals surface area contributed by atoms with E-state index in [1.54, 1.807) is 12.1 Å². The Kier molecular flexibility index (Phi) is 8.90. The molecule has 0 aromatic heterocycles. The quantitative estimate of drug-likeness (QED) is 0.163. The minimum atomic E-state index is -1.60. The normalized spacial score (nSPS) is 24.4. The molecule has 0 unspecified atom stereocenters. The zero-order chi connectivity index (χ0) is 25.5. The molecule has 190 valence electrons. The number of carbonyl (C=O) groups excluding carboxylic acids is 1. The van der Waals surface area contributed by atoms with Crippen molar-refractivity contribution < 1.29 is 54.4 Å². The van der Waals surface area contributed by atoms with E-state index in [0.29, 0.717) is 11.1 Å². The van der Waals surface area contributed by atoms with Crippen molar-refractivity contribution >= 4 is 12.0 Å². The van der Waals surface area contributed by atoms with Crippen LogP contribution in [0.25, 0.3) is 6.08 Å². The highest BCUT2D eigenvalue weighted by molar-refractivity contribution is 5.87. The number of aliphatic hydroxyl groups is 3. The third-order valence-electron chi connectivity index (χ3n) is 5.41. The van der Waals surface area contributed by atoms with E-state index in [0.717, 1.165) is 6.08 Å². The Balaban J connectivity index is 1.67. The second kappa shape index (κ2) is 11.9. The first-order chi connectivity index (χ1) is 16.7. The molecule has 6 N–H and O–H groups in total. The molecule has 11 nitrogen and oxygen atoms in total. The van der Waals surface area contributed by atoms with E-state index in [4.69, 9.17) is 18.9 Å². The van der Waals surface area contributed by atoms with Gasteiger partial charge in [-0.05, 0) is 47.9 Å². The van der Waals surface area contributed by atoms with E-state index < -0.39 is 43.3 Å². The number of aliphatic hydroxyl groups excluding tert-OH is 3. The van der Waals surface area contributed by atoms with Crippen LogP contribution < -0.4 is 4.74 Å². The first-order valence-corrected chi connectivity index (χ1v) is 10.7. The van der Waals surface area contributed by atoms with Gasteiger partial charge >= 0.3 is 5.97 Å². The van der Waals surface area contributed by atoms with Gasteiger partial charge in [0.15, 0.2) is 35.4 Å². The third kappa shape index (κ3) is 6.62. The molecule has 11 heteroatoms. The van der Waals surface area contributed by atoms with Crippen LogP contribution in [0, 0.1) is 0 Å². The topological polar surface area (TPSA) is 175 Å². The fourth-order valence-corrected chi connectivity index (χ4v) is 3.47. The minimum absolute atomic E-state index is 0.00698. The van der Waals surface area contributed by atoms with Gasteiger partial charge in [0, 0.05) is 6.08 Å². The van der Waals surface area contributed by atoms with Gasteiger partial charge in [-0.15, -0.1) is 0 Å². The van der Waals surface area contributed by atoms with Crippen molar-refractivity contribution in [3.8, 4) is 23.0 Å². The summed E-state index contributed by atoms with van der Waals surface area (Å²) < 4.78 is 21.4. The van der Waals surface area contributed by atoms with E-state index in [-0.39, 0.29) is 36.0 Å². The Bertz CT molecular complexity index is 1040. The molecule has 1 saturated heterocycles. The number of ether oxygens (including phenoxy) is 4. The Morgan fingerprint density at radius 3 is 2.46 bits per heavy atom. The lowest BCUT2D eigenvalue weighted by atomic mass is 9.99. The summed E-state index contributed by atoms with van der Waals surface area (Å²) in [5, 5.41) is 58.8. The summed E-state index contributed by atoms with van der Waals surface area (Å²) in [6.45, 7) is -0.597. The highest BCUT2D eigenvalue weighted by Crippen LogP contribution is 2.28. The van der Waals surface area contributed by atoms with Gasteiger partial charge in [-0.25, -0.2) is 4.79 Å². The maximum Gasteiger partial charge on any atom is 0.331 e. The number of esters is 1. The summed E-state index contributed by atoms with van der Waals surface area (Å²) in [5.74, 6) is -1.27. The smallest absolute Gasteiger partial charge is 0.331 e. The fourth-order valence-electron chi connectivity index (χ4n) is 3.47. The number of carbonyl (C=O) groups is 1. The molecule has 0 amide bonds. The number of aromatic hydroxyl groups is 3. The molecule has 1 aliphatic heterocycles. The zero-order valence-corrected chi connectivity index (χ0v) is 18.9. The molecule has 1 fully saturated rings. The molecule has 2 aromatic rings. The van der Waals surface area contributed by atoms with Crippen LogP contribution in [-0.2, 0) is 25.4 Å². The van der Waals surface area contributed by atoms with Gasteiger partial charge in [-0.3, -0.25) is 0 Å². The Morgan fingerprint density at radius 2 is 1.77 bits per heavy atom. The van der Waals surface area contributed by atoms with Crippen molar-refractivity contribution in [1.29, 1.82) is 0 Å². The largest absolute Gasteiger partial charge is 0.504 e. The van der Waals surface area contributed by atoms with Crippen LogP contribution >= 0.6 is 0 Å². The number of rotatable bonds is 9. The molecule has 3 rings (SSSR count). The highest BCUT2D eigenvalue weighted by atomic mass is 16.7. The monoisotopic (exact) mass is 492 g/mol. The van der Waals surface area contributed by atoms with Crippen LogP contribution in [-0.4, -0.2) is 87.6 Å². The van der Waals surface area contributed by atoms with Crippen molar-refractivity contribution in [3.63, 3.8) is 0 Å². The van der Waals surface area contributed by atoms with Gasteiger partial charge in [-0.1, -0.05) is 12.1 Å². The van der Waals surface area contributed by atoms with Crippen molar-refractivity contribution in [2.75, 3.05) is 20.3 Å². The number of phenolic OH excluding ortho intramolecular Hbond substituents is 3.